The Labute approximate surface area is 58.4 Å². The SMILES string of the molecule is C.NC(=O)NNS(=O)(=O)O. The standard InChI is InChI=1S/CH5N3O4S.CH4/c2-1(5)3-4-9(6,7)8;/h4H,(H3,2,3,5)(H,6,7,8);1H4. The number of amides is 2. The van der Waals surface area contributed by atoms with Gasteiger partial charge in [-0.1, -0.05) is 7.43 Å². The van der Waals surface area contributed by atoms with Crippen molar-refractivity contribution in [2.45, 2.75) is 7.43 Å². The fraction of sp³-hybridized carbons (Fsp3) is 0.500. The fourth-order valence-electron chi connectivity index (χ4n) is 0.115. The summed E-state index contributed by atoms with van der Waals surface area (Å²) in [5.74, 6) is 0. The van der Waals surface area contributed by atoms with Gasteiger partial charge in [0.05, 0.1) is 0 Å². The summed E-state index contributed by atoms with van der Waals surface area (Å²) in [5.41, 5.74) is 5.85. The molecular formula is C2H9N3O4S. The molecule has 0 saturated heterocycles. The summed E-state index contributed by atoms with van der Waals surface area (Å²) < 4.78 is 27.3. The second-order valence-electron chi connectivity index (χ2n) is 1.07. The molecule has 0 radical (unpaired) electrons. The first-order valence-electron chi connectivity index (χ1n) is 1.71. The molecule has 0 aliphatic carbocycles. The Morgan fingerprint density at radius 1 is 1.50 bits per heavy atom. The van der Waals surface area contributed by atoms with E-state index >= 15 is 0 Å². The van der Waals surface area contributed by atoms with Crippen LogP contribution in [0.25, 0.3) is 0 Å². The van der Waals surface area contributed by atoms with Gasteiger partial charge >= 0.3 is 16.3 Å². The van der Waals surface area contributed by atoms with Crippen LogP contribution in [0.5, 0.6) is 0 Å². The van der Waals surface area contributed by atoms with Gasteiger partial charge in [-0.3, -0.25) is 9.98 Å². The molecule has 0 fully saturated rings. The zero-order chi connectivity index (χ0) is 7.49. The first kappa shape index (κ1) is 11.9. The molecule has 0 heterocycles. The smallest absolute Gasteiger partial charge is 0.350 e. The van der Waals surface area contributed by atoms with Gasteiger partial charge in [0.1, 0.15) is 0 Å². The second kappa shape index (κ2) is 4.04. The second-order valence-corrected chi connectivity index (χ2v) is 2.22. The van der Waals surface area contributed by atoms with E-state index in [1.807, 2.05) is 0 Å². The normalized spacial score (nSPS) is 9.70. The number of carbonyl (C=O) groups excluding carboxylic acids is 1. The lowest BCUT2D eigenvalue weighted by molar-refractivity contribution is 0.247. The molecule has 62 valence electrons. The van der Waals surface area contributed by atoms with Crippen molar-refractivity contribution in [1.29, 1.82) is 0 Å². The van der Waals surface area contributed by atoms with E-state index in [-0.39, 0.29) is 7.43 Å². The van der Waals surface area contributed by atoms with Crippen molar-refractivity contribution in [3.05, 3.63) is 0 Å². The molecule has 0 aliphatic heterocycles. The van der Waals surface area contributed by atoms with Crippen LogP contribution < -0.4 is 16.0 Å². The summed E-state index contributed by atoms with van der Waals surface area (Å²) in [6.45, 7) is 0. The Hall–Kier alpha value is -0.860. The average Bonchev–Trinajstić information content (AvgIpc) is 1.59. The number of urea groups is 1. The van der Waals surface area contributed by atoms with Crippen molar-refractivity contribution >= 4 is 16.3 Å². The molecule has 0 aromatic heterocycles. The maximum absolute atomic E-state index is 9.72. The average molecular weight is 171 g/mol. The van der Waals surface area contributed by atoms with Crippen LogP contribution in [0.4, 0.5) is 4.79 Å². The van der Waals surface area contributed by atoms with E-state index in [4.69, 9.17) is 4.55 Å². The van der Waals surface area contributed by atoms with E-state index < -0.39 is 16.3 Å². The zero-order valence-corrected chi connectivity index (χ0v) is 4.97. The topological polar surface area (TPSA) is 122 Å². The van der Waals surface area contributed by atoms with Crippen LogP contribution in [-0.4, -0.2) is 19.0 Å². The van der Waals surface area contributed by atoms with Crippen molar-refractivity contribution in [3.63, 3.8) is 0 Å². The Bertz CT molecular complexity index is 197. The molecule has 0 aromatic rings. The lowest BCUT2D eigenvalue weighted by Crippen LogP contribution is -2.44. The monoisotopic (exact) mass is 171 g/mol. The van der Waals surface area contributed by atoms with Gasteiger partial charge in [0.2, 0.25) is 0 Å². The summed E-state index contributed by atoms with van der Waals surface area (Å²) in [4.78, 5) is 10.9. The molecule has 0 spiro atoms. The largest absolute Gasteiger partial charge is 0.351 e. The molecule has 0 bridgehead atoms. The summed E-state index contributed by atoms with van der Waals surface area (Å²) in [6, 6.07) is -1.10. The molecule has 0 aromatic carbocycles. The highest BCUT2D eigenvalue weighted by atomic mass is 32.2. The van der Waals surface area contributed by atoms with Crippen molar-refractivity contribution in [2.75, 3.05) is 0 Å². The summed E-state index contributed by atoms with van der Waals surface area (Å²) in [5, 5.41) is 0. The van der Waals surface area contributed by atoms with Gasteiger partial charge < -0.3 is 5.73 Å². The Morgan fingerprint density at radius 2 is 1.90 bits per heavy atom. The summed E-state index contributed by atoms with van der Waals surface area (Å²) in [7, 11) is -4.38. The van der Waals surface area contributed by atoms with Crippen LogP contribution in [0, 0.1) is 0 Å². The van der Waals surface area contributed by atoms with Gasteiger partial charge in [0, 0.05) is 0 Å². The van der Waals surface area contributed by atoms with Crippen molar-refractivity contribution in [1.82, 2.24) is 10.3 Å². The number of carbonyl (C=O) groups is 1. The molecule has 2 amide bonds. The van der Waals surface area contributed by atoms with E-state index in [1.165, 1.54) is 10.3 Å². The molecule has 0 aliphatic rings. The van der Waals surface area contributed by atoms with Gasteiger partial charge in [0.15, 0.2) is 0 Å². The molecule has 0 atom stereocenters. The zero-order valence-electron chi connectivity index (χ0n) is 4.16. The Morgan fingerprint density at radius 3 is 2.00 bits per heavy atom. The van der Waals surface area contributed by atoms with E-state index in [1.54, 1.807) is 0 Å². The van der Waals surface area contributed by atoms with Gasteiger partial charge in [-0.25, -0.2) is 4.79 Å². The Kier molecular flexibility index (Phi) is 4.79. The first-order chi connectivity index (χ1) is 3.92. The van der Waals surface area contributed by atoms with Gasteiger partial charge in [0.25, 0.3) is 0 Å². The van der Waals surface area contributed by atoms with Crippen LogP contribution in [0.2, 0.25) is 0 Å². The number of rotatable bonds is 2. The van der Waals surface area contributed by atoms with Gasteiger partial charge in [-0.05, 0) is 0 Å². The minimum Gasteiger partial charge on any atom is -0.351 e. The van der Waals surface area contributed by atoms with E-state index in [2.05, 4.69) is 5.73 Å². The van der Waals surface area contributed by atoms with E-state index in [0.29, 0.717) is 0 Å². The van der Waals surface area contributed by atoms with Crippen molar-refractivity contribution < 1.29 is 17.8 Å². The molecule has 10 heavy (non-hydrogen) atoms. The summed E-state index contributed by atoms with van der Waals surface area (Å²) >= 11 is 0. The lowest BCUT2D eigenvalue weighted by Gasteiger charge is -1.97. The third-order valence-corrected chi connectivity index (χ3v) is 0.663. The van der Waals surface area contributed by atoms with Crippen LogP contribution in [0.3, 0.4) is 0 Å². The maximum Gasteiger partial charge on any atom is 0.350 e. The van der Waals surface area contributed by atoms with E-state index in [9.17, 15) is 13.2 Å². The molecule has 0 rings (SSSR count). The molecule has 0 saturated carbocycles. The van der Waals surface area contributed by atoms with Crippen LogP contribution >= 0.6 is 0 Å². The van der Waals surface area contributed by atoms with Crippen molar-refractivity contribution in [2.24, 2.45) is 5.73 Å². The van der Waals surface area contributed by atoms with Gasteiger partial charge in [-0.2, -0.15) is 8.42 Å². The molecule has 8 heteroatoms. The van der Waals surface area contributed by atoms with E-state index in [0.717, 1.165) is 0 Å². The van der Waals surface area contributed by atoms with Crippen LogP contribution in [0.1, 0.15) is 7.43 Å². The van der Waals surface area contributed by atoms with Gasteiger partial charge in [-0.15, -0.1) is 4.83 Å². The highest BCUT2D eigenvalue weighted by Crippen LogP contribution is 1.64. The van der Waals surface area contributed by atoms with Crippen molar-refractivity contribution in [3.8, 4) is 0 Å². The van der Waals surface area contributed by atoms with Crippen LogP contribution in [0.15, 0.2) is 0 Å². The first-order valence-corrected chi connectivity index (χ1v) is 3.15. The number of primary amides is 1. The minimum absolute atomic E-state index is 0. The number of hydrazine groups is 1. The van der Waals surface area contributed by atoms with Crippen LogP contribution in [-0.2, 0) is 10.3 Å². The highest BCUT2D eigenvalue weighted by molar-refractivity contribution is 7.83. The molecule has 7 nitrogen and oxygen atoms in total. The number of nitrogens with two attached hydrogens (primary N) is 1. The molecule has 5 N–H and O–H groups in total. The lowest BCUT2D eigenvalue weighted by atomic mass is 11.2. The third-order valence-electron chi connectivity index (χ3n) is 0.303. The highest BCUT2D eigenvalue weighted by Gasteiger charge is 2.01. The number of nitrogens with one attached hydrogen (secondary N) is 2. The fourth-order valence-corrected chi connectivity index (χ4v) is 0.344. The predicted octanol–water partition coefficient (Wildman–Crippen LogP) is -1.40. The molecular weight excluding hydrogens is 162 g/mol. The summed E-state index contributed by atoms with van der Waals surface area (Å²) in [6.07, 6.45) is 0. The quantitative estimate of drug-likeness (QED) is 0.301. The minimum atomic E-state index is -4.38. The third kappa shape index (κ3) is 10.2. The number of hydrogen-bond donors (Lipinski definition) is 4. The molecule has 0 unspecified atom stereocenters. The Balaban J connectivity index is 0. The predicted molar refractivity (Wildman–Crippen MR) is 34.1 cm³/mol. The number of hydrogen-bond acceptors (Lipinski definition) is 3. The maximum atomic E-state index is 9.72.